The Labute approximate surface area is 110 Å². The van der Waals surface area contributed by atoms with Gasteiger partial charge in [-0.2, -0.15) is 0 Å². The Kier molecular flexibility index (Phi) is 4.38. The Morgan fingerprint density at radius 3 is 2.56 bits per heavy atom. The summed E-state index contributed by atoms with van der Waals surface area (Å²) >= 11 is 0. The monoisotopic (exact) mass is 240 g/mol. The molecule has 1 radical (unpaired) electrons. The highest BCUT2D eigenvalue weighted by Gasteiger charge is 2.07. The first-order valence-electron chi connectivity index (χ1n) is 6.66. The lowest BCUT2D eigenvalue weighted by Crippen LogP contribution is -2.12. The Hall–Kier alpha value is -1.34. The van der Waals surface area contributed by atoms with Gasteiger partial charge in [-0.05, 0) is 48.8 Å². The summed E-state index contributed by atoms with van der Waals surface area (Å²) in [5.41, 5.74) is 2.96. The molecule has 0 N–H and O–H groups in total. The van der Waals surface area contributed by atoms with Gasteiger partial charge in [-0.15, -0.1) is 0 Å². The summed E-state index contributed by atoms with van der Waals surface area (Å²) in [6.45, 7) is 4.97. The van der Waals surface area contributed by atoms with Crippen LogP contribution in [0.1, 0.15) is 24.0 Å². The Bertz CT molecular complexity index is 514. The first-order chi connectivity index (χ1) is 8.72. The van der Waals surface area contributed by atoms with Crippen molar-refractivity contribution in [3.63, 3.8) is 0 Å². The van der Waals surface area contributed by atoms with Crippen molar-refractivity contribution in [2.45, 2.75) is 25.8 Å². The molecule has 1 heteroatoms. The van der Waals surface area contributed by atoms with Gasteiger partial charge < -0.3 is 4.90 Å². The lowest BCUT2D eigenvalue weighted by molar-refractivity contribution is 0.401. The van der Waals surface area contributed by atoms with E-state index in [1.54, 1.807) is 0 Å². The molecule has 0 heterocycles. The van der Waals surface area contributed by atoms with Crippen molar-refractivity contribution in [1.29, 1.82) is 0 Å². The van der Waals surface area contributed by atoms with Crippen molar-refractivity contribution in [1.82, 2.24) is 4.90 Å². The van der Waals surface area contributed by atoms with E-state index in [0.717, 1.165) is 25.8 Å². The number of unbranched alkanes of at least 4 members (excludes halogenated alkanes) is 1. The van der Waals surface area contributed by atoms with E-state index in [2.05, 4.69) is 62.3 Å². The fourth-order valence-corrected chi connectivity index (χ4v) is 2.47. The number of hydrogen-bond donors (Lipinski definition) is 0. The maximum absolute atomic E-state index is 3.96. The summed E-state index contributed by atoms with van der Waals surface area (Å²) in [4.78, 5) is 2.23. The van der Waals surface area contributed by atoms with Gasteiger partial charge in [0.1, 0.15) is 0 Å². The topological polar surface area (TPSA) is 3.24 Å². The van der Waals surface area contributed by atoms with Gasteiger partial charge in [0, 0.05) is 6.54 Å². The van der Waals surface area contributed by atoms with Crippen molar-refractivity contribution >= 4 is 10.8 Å². The highest BCUT2D eigenvalue weighted by atomic mass is 15.0. The first kappa shape index (κ1) is 13.1. The van der Waals surface area contributed by atoms with Gasteiger partial charge in [0.15, 0.2) is 0 Å². The summed E-state index contributed by atoms with van der Waals surface area (Å²) in [5.74, 6) is 0. The largest absolute Gasteiger partial charge is 0.305 e. The zero-order valence-corrected chi connectivity index (χ0v) is 11.4. The quantitative estimate of drug-likeness (QED) is 0.762. The zero-order chi connectivity index (χ0) is 13.0. The molecule has 0 aliphatic heterocycles. The van der Waals surface area contributed by atoms with Crippen molar-refractivity contribution in [2.75, 3.05) is 14.1 Å². The Balaban J connectivity index is 2.48. The van der Waals surface area contributed by atoms with E-state index in [1.165, 1.54) is 21.9 Å². The smallest absolute Gasteiger partial charge is 0.0230 e. The van der Waals surface area contributed by atoms with Crippen molar-refractivity contribution < 1.29 is 0 Å². The van der Waals surface area contributed by atoms with Crippen LogP contribution in [0.15, 0.2) is 36.4 Å². The average molecular weight is 240 g/mol. The molecule has 0 aliphatic rings. The molecule has 0 fully saturated rings. The molecule has 0 saturated heterocycles. The Morgan fingerprint density at radius 1 is 1.06 bits per heavy atom. The van der Waals surface area contributed by atoms with Gasteiger partial charge in [-0.3, -0.25) is 0 Å². The van der Waals surface area contributed by atoms with E-state index >= 15 is 0 Å². The predicted molar refractivity (Wildman–Crippen MR) is 79.6 cm³/mol. The second-order valence-electron chi connectivity index (χ2n) is 5.12. The highest BCUT2D eigenvalue weighted by Crippen LogP contribution is 2.25. The van der Waals surface area contributed by atoms with E-state index in [-0.39, 0.29) is 0 Å². The van der Waals surface area contributed by atoms with Gasteiger partial charge in [0.05, 0.1) is 0 Å². The fraction of sp³-hybridized carbons (Fsp3) is 0.353. The highest BCUT2D eigenvalue weighted by molar-refractivity contribution is 5.86. The van der Waals surface area contributed by atoms with Gasteiger partial charge in [0.25, 0.3) is 0 Å². The first-order valence-corrected chi connectivity index (χ1v) is 6.66. The standard InChI is InChI=1S/C17H22N/c1-4-5-9-17-15(13-18(2)3)12-11-14-8-6-7-10-16(14)17/h6-8,10-12H,1,4-5,9,13H2,2-3H3. The minimum atomic E-state index is 1.00. The number of rotatable bonds is 5. The fourth-order valence-electron chi connectivity index (χ4n) is 2.47. The van der Waals surface area contributed by atoms with Gasteiger partial charge >= 0.3 is 0 Å². The number of aryl methyl sites for hydroxylation is 1. The molecule has 0 aliphatic carbocycles. The number of benzene rings is 2. The second-order valence-corrected chi connectivity index (χ2v) is 5.12. The normalized spacial score (nSPS) is 11.3. The second kappa shape index (κ2) is 6.01. The molecular formula is C17H22N. The Morgan fingerprint density at radius 2 is 1.83 bits per heavy atom. The number of nitrogens with zero attached hydrogens (tertiary/aromatic N) is 1. The predicted octanol–water partition coefficient (Wildman–Crippen LogP) is 4.06. The van der Waals surface area contributed by atoms with Crippen molar-refractivity contribution in [3.05, 3.63) is 54.4 Å². The molecule has 18 heavy (non-hydrogen) atoms. The lowest BCUT2D eigenvalue weighted by Gasteiger charge is -2.16. The van der Waals surface area contributed by atoms with Gasteiger partial charge in [-0.1, -0.05) is 49.7 Å². The maximum Gasteiger partial charge on any atom is 0.0230 e. The summed E-state index contributed by atoms with van der Waals surface area (Å²) in [5, 5.41) is 2.75. The minimum Gasteiger partial charge on any atom is -0.305 e. The molecule has 0 spiro atoms. The van der Waals surface area contributed by atoms with Gasteiger partial charge in [-0.25, -0.2) is 0 Å². The van der Waals surface area contributed by atoms with Crippen LogP contribution in [0.25, 0.3) is 10.8 Å². The van der Waals surface area contributed by atoms with Crippen molar-refractivity contribution in [3.8, 4) is 0 Å². The molecule has 95 valence electrons. The van der Waals surface area contributed by atoms with E-state index < -0.39 is 0 Å². The van der Waals surface area contributed by atoms with Crippen LogP contribution in [0.2, 0.25) is 0 Å². The van der Waals surface area contributed by atoms with Crippen LogP contribution < -0.4 is 0 Å². The lowest BCUT2D eigenvalue weighted by atomic mass is 9.95. The molecule has 2 aromatic carbocycles. The third kappa shape index (κ3) is 2.91. The average Bonchev–Trinajstić information content (AvgIpc) is 2.37. The summed E-state index contributed by atoms with van der Waals surface area (Å²) in [7, 11) is 4.25. The van der Waals surface area contributed by atoms with Crippen LogP contribution in [0.5, 0.6) is 0 Å². The van der Waals surface area contributed by atoms with E-state index in [9.17, 15) is 0 Å². The van der Waals surface area contributed by atoms with Crippen LogP contribution >= 0.6 is 0 Å². The minimum absolute atomic E-state index is 1.00. The molecule has 0 bridgehead atoms. The van der Waals surface area contributed by atoms with Gasteiger partial charge in [0.2, 0.25) is 0 Å². The van der Waals surface area contributed by atoms with Crippen LogP contribution in [-0.4, -0.2) is 19.0 Å². The SMILES string of the molecule is [CH2]CCCc1c(CN(C)C)ccc2ccccc12. The molecule has 0 amide bonds. The van der Waals surface area contributed by atoms with E-state index in [4.69, 9.17) is 0 Å². The molecule has 0 aromatic heterocycles. The maximum atomic E-state index is 3.96. The molecule has 0 saturated carbocycles. The third-order valence-corrected chi connectivity index (χ3v) is 3.30. The third-order valence-electron chi connectivity index (χ3n) is 3.30. The van der Waals surface area contributed by atoms with E-state index in [1.807, 2.05) is 0 Å². The number of hydrogen-bond acceptors (Lipinski definition) is 1. The molecule has 0 atom stereocenters. The summed E-state index contributed by atoms with van der Waals surface area (Å²) in [6.07, 6.45) is 3.30. The summed E-state index contributed by atoms with van der Waals surface area (Å²) in [6, 6.07) is 13.2. The molecule has 2 aromatic rings. The van der Waals surface area contributed by atoms with E-state index in [0.29, 0.717) is 0 Å². The number of fused-ring (bicyclic) bond motifs is 1. The van der Waals surface area contributed by atoms with Crippen LogP contribution in [-0.2, 0) is 13.0 Å². The molecule has 2 rings (SSSR count). The molecular weight excluding hydrogens is 218 g/mol. The van der Waals surface area contributed by atoms with Crippen LogP contribution in [0.4, 0.5) is 0 Å². The van der Waals surface area contributed by atoms with Crippen molar-refractivity contribution in [2.24, 2.45) is 0 Å². The molecule has 0 unspecified atom stereocenters. The van der Waals surface area contributed by atoms with Crippen LogP contribution in [0, 0.1) is 6.92 Å². The van der Waals surface area contributed by atoms with Crippen LogP contribution in [0.3, 0.4) is 0 Å². The summed E-state index contributed by atoms with van der Waals surface area (Å²) < 4.78 is 0. The molecule has 1 nitrogen and oxygen atoms in total. The zero-order valence-electron chi connectivity index (χ0n) is 11.4.